The van der Waals surface area contributed by atoms with Gasteiger partial charge in [-0.25, -0.2) is 9.78 Å². The van der Waals surface area contributed by atoms with Crippen LogP contribution in [0.5, 0.6) is 5.88 Å². The second-order valence-corrected chi connectivity index (χ2v) is 4.16. The molecule has 1 heterocycles. The van der Waals surface area contributed by atoms with Crippen molar-refractivity contribution in [2.24, 2.45) is 0 Å². The molecule has 1 aromatic heterocycles. The Balaban J connectivity index is 2.27. The zero-order valence-electron chi connectivity index (χ0n) is 9.94. The van der Waals surface area contributed by atoms with Crippen LogP contribution in [0.1, 0.15) is 24.4 Å². The van der Waals surface area contributed by atoms with Gasteiger partial charge >= 0.3 is 5.97 Å². The number of hydrogen-bond donors (Lipinski definition) is 1. The second-order valence-electron chi connectivity index (χ2n) is 4.16. The lowest BCUT2D eigenvalue weighted by Gasteiger charge is -2.24. The van der Waals surface area contributed by atoms with Crippen molar-refractivity contribution < 1.29 is 19.4 Å². The molecule has 6 heteroatoms. The topological polar surface area (TPSA) is 79.7 Å². The molecule has 1 N–H and O–H groups in total. The number of carbonyl (C=O) groups excluding carboxylic acids is 1. The van der Waals surface area contributed by atoms with Crippen LogP contribution in [-0.4, -0.2) is 40.5 Å². The molecule has 1 aliphatic rings. The van der Waals surface area contributed by atoms with Crippen molar-refractivity contribution in [1.82, 2.24) is 9.88 Å². The third kappa shape index (κ3) is 2.42. The molecule has 0 spiro atoms. The van der Waals surface area contributed by atoms with Gasteiger partial charge in [0.2, 0.25) is 12.3 Å². The number of carbonyl (C=O) groups is 2. The molecule has 18 heavy (non-hydrogen) atoms. The number of aliphatic carboxylic acids is 1. The van der Waals surface area contributed by atoms with Crippen LogP contribution in [0, 0.1) is 0 Å². The Kier molecular flexibility index (Phi) is 3.45. The van der Waals surface area contributed by atoms with Crippen LogP contribution in [0.2, 0.25) is 0 Å². The molecule has 1 aromatic rings. The Morgan fingerprint density at radius 2 is 2.33 bits per heavy atom. The number of hydrogen-bond acceptors (Lipinski definition) is 4. The molecule has 6 nitrogen and oxygen atoms in total. The van der Waals surface area contributed by atoms with Crippen molar-refractivity contribution in [3.05, 3.63) is 23.9 Å². The molecule has 1 saturated carbocycles. The molecule has 1 atom stereocenters. The highest BCUT2D eigenvalue weighted by atomic mass is 16.5. The van der Waals surface area contributed by atoms with E-state index in [9.17, 15) is 14.7 Å². The number of carboxylic acid groups (broad SMARTS) is 1. The molecule has 96 valence electrons. The first-order valence-corrected chi connectivity index (χ1v) is 5.63. The predicted octanol–water partition coefficient (Wildman–Crippen LogP) is 0.837. The van der Waals surface area contributed by atoms with E-state index in [0.717, 1.165) is 12.8 Å². The lowest BCUT2D eigenvalue weighted by atomic mass is 10.1. The maximum Gasteiger partial charge on any atom is 0.331 e. The second kappa shape index (κ2) is 5.03. The molecule has 2 rings (SSSR count). The monoisotopic (exact) mass is 250 g/mol. The van der Waals surface area contributed by atoms with E-state index < -0.39 is 12.0 Å². The predicted molar refractivity (Wildman–Crippen MR) is 62.1 cm³/mol. The molecule has 0 aliphatic heterocycles. The smallest absolute Gasteiger partial charge is 0.331 e. The van der Waals surface area contributed by atoms with Crippen LogP contribution in [0.25, 0.3) is 0 Å². The van der Waals surface area contributed by atoms with Gasteiger partial charge in [-0.15, -0.1) is 0 Å². The standard InChI is InChI=1S/C12H14N2O4/c1-18-10-5-2-8(6-13-10)11(12(16)17)14(7-15)9-3-4-9/h2,5-7,9,11H,3-4H2,1H3,(H,16,17). The van der Waals surface area contributed by atoms with Gasteiger partial charge in [0.05, 0.1) is 7.11 Å². The van der Waals surface area contributed by atoms with Gasteiger partial charge in [-0.05, 0) is 18.9 Å². The van der Waals surface area contributed by atoms with Gasteiger partial charge in [0.1, 0.15) is 0 Å². The Morgan fingerprint density at radius 3 is 2.72 bits per heavy atom. The first-order chi connectivity index (χ1) is 8.67. The number of ether oxygens (including phenoxy) is 1. The van der Waals surface area contributed by atoms with Gasteiger partial charge in [0, 0.05) is 23.9 Å². The number of methoxy groups -OCH3 is 1. The molecule has 1 amide bonds. The van der Waals surface area contributed by atoms with Gasteiger partial charge in [-0.1, -0.05) is 0 Å². The van der Waals surface area contributed by atoms with E-state index in [1.165, 1.54) is 18.2 Å². The quantitative estimate of drug-likeness (QED) is 0.757. The fraction of sp³-hybridized carbons (Fsp3) is 0.417. The van der Waals surface area contributed by atoms with Gasteiger partial charge in [-0.2, -0.15) is 0 Å². The van der Waals surface area contributed by atoms with Crippen molar-refractivity contribution in [2.75, 3.05) is 7.11 Å². The number of nitrogens with zero attached hydrogens (tertiary/aromatic N) is 2. The average Bonchev–Trinajstić information content (AvgIpc) is 3.20. The fourth-order valence-corrected chi connectivity index (χ4v) is 1.85. The Labute approximate surface area is 104 Å². The molecule has 0 aromatic carbocycles. The molecule has 1 unspecified atom stereocenters. The summed E-state index contributed by atoms with van der Waals surface area (Å²) in [6.07, 6.45) is 3.73. The highest BCUT2D eigenvalue weighted by Gasteiger charge is 2.37. The van der Waals surface area contributed by atoms with Gasteiger partial charge in [0.25, 0.3) is 0 Å². The third-order valence-corrected chi connectivity index (χ3v) is 2.91. The molecule has 0 saturated heterocycles. The zero-order chi connectivity index (χ0) is 13.1. The van der Waals surface area contributed by atoms with Crippen molar-refractivity contribution in [3.8, 4) is 5.88 Å². The number of amides is 1. The minimum absolute atomic E-state index is 0.0331. The zero-order valence-corrected chi connectivity index (χ0v) is 9.94. The van der Waals surface area contributed by atoms with Crippen molar-refractivity contribution in [3.63, 3.8) is 0 Å². The molecule has 1 aliphatic carbocycles. The van der Waals surface area contributed by atoms with E-state index >= 15 is 0 Å². The Bertz CT molecular complexity index is 442. The first kappa shape index (κ1) is 12.3. The summed E-state index contributed by atoms with van der Waals surface area (Å²) in [6.45, 7) is 0. The summed E-state index contributed by atoms with van der Waals surface area (Å²) in [4.78, 5) is 27.7. The summed E-state index contributed by atoms with van der Waals surface area (Å²) < 4.78 is 4.91. The van der Waals surface area contributed by atoms with Crippen LogP contribution in [0.3, 0.4) is 0 Å². The molecule has 1 fully saturated rings. The molecular formula is C12H14N2O4. The minimum atomic E-state index is -1.05. The van der Waals surface area contributed by atoms with E-state index in [-0.39, 0.29) is 6.04 Å². The van der Waals surface area contributed by atoms with Crippen molar-refractivity contribution in [2.45, 2.75) is 24.9 Å². The summed E-state index contributed by atoms with van der Waals surface area (Å²) in [7, 11) is 1.48. The normalized spacial score (nSPS) is 15.8. The largest absolute Gasteiger partial charge is 0.481 e. The Morgan fingerprint density at radius 1 is 1.61 bits per heavy atom. The number of aromatic nitrogens is 1. The first-order valence-electron chi connectivity index (χ1n) is 5.63. The third-order valence-electron chi connectivity index (χ3n) is 2.91. The fourth-order valence-electron chi connectivity index (χ4n) is 1.85. The average molecular weight is 250 g/mol. The summed E-state index contributed by atoms with van der Waals surface area (Å²) >= 11 is 0. The van der Waals surface area contributed by atoms with E-state index in [1.807, 2.05) is 0 Å². The van der Waals surface area contributed by atoms with Gasteiger partial charge in [-0.3, -0.25) is 4.79 Å². The van der Waals surface area contributed by atoms with Gasteiger partial charge < -0.3 is 14.7 Å². The van der Waals surface area contributed by atoms with Crippen LogP contribution < -0.4 is 4.74 Å². The summed E-state index contributed by atoms with van der Waals surface area (Å²) in [5, 5.41) is 9.27. The molecule has 0 bridgehead atoms. The number of rotatable bonds is 6. The van der Waals surface area contributed by atoms with Crippen LogP contribution in [-0.2, 0) is 9.59 Å². The molecule has 0 radical (unpaired) electrons. The van der Waals surface area contributed by atoms with Gasteiger partial charge in [0.15, 0.2) is 6.04 Å². The van der Waals surface area contributed by atoms with E-state index in [4.69, 9.17) is 4.74 Å². The minimum Gasteiger partial charge on any atom is -0.481 e. The van der Waals surface area contributed by atoms with Crippen LogP contribution in [0.4, 0.5) is 0 Å². The summed E-state index contributed by atoms with van der Waals surface area (Å²) in [6, 6.07) is 2.25. The molecular weight excluding hydrogens is 236 g/mol. The van der Waals surface area contributed by atoms with E-state index in [1.54, 1.807) is 12.1 Å². The number of carboxylic acids is 1. The SMILES string of the molecule is COc1ccc(C(C(=O)O)N(C=O)C2CC2)cn1. The van der Waals surface area contributed by atoms with Crippen molar-refractivity contribution >= 4 is 12.4 Å². The highest BCUT2D eigenvalue weighted by Crippen LogP contribution is 2.33. The Hall–Kier alpha value is -2.11. The van der Waals surface area contributed by atoms with Crippen LogP contribution >= 0.6 is 0 Å². The number of pyridine rings is 1. The maximum atomic E-state index is 11.3. The van der Waals surface area contributed by atoms with Crippen LogP contribution in [0.15, 0.2) is 18.3 Å². The summed E-state index contributed by atoms with van der Waals surface area (Å²) in [5.41, 5.74) is 0.474. The summed E-state index contributed by atoms with van der Waals surface area (Å²) in [5.74, 6) is -0.645. The lowest BCUT2D eigenvalue weighted by molar-refractivity contribution is -0.147. The lowest BCUT2D eigenvalue weighted by Crippen LogP contribution is -2.34. The van der Waals surface area contributed by atoms with Crippen molar-refractivity contribution in [1.29, 1.82) is 0 Å². The maximum absolute atomic E-state index is 11.3. The highest BCUT2D eigenvalue weighted by molar-refractivity contribution is 5.78. The van der Waals surface area contributed by atoms with E-state index in [2.05, 4.69) is 4.98 Å². The van der Waals surface area contributed by atoms with E-state index in [0.29, 0.717) is 17.9 Å².